The summed E-state index contributed by atoms with van der Waals surface area (Å²) in [4.78, 5) is 36.0. The average molecular weight is 424 g/mol. The zero-order valence-electron chi connectivity index (χ0n) is 17.8. The summed E-state index contributed by atoms with van der Waals surface area (Å²) in [5.74, 6) is -1.20. The van der Waals surface area contributed by atoms with Crippen LogP contribution in [0.4, 0.5) is 4.79 Å². The third kappa shape index (κ3) is 5.63. The summed E-state index contributed by atoms with van der Waals surface area (Å²) in [6.07, 6.45) is 0.298. The highest BCUT2D eigenvalue weighted by Crippen LogP contribution is 2.44. The van der Waals surface area contributed by atoms with Crippen molar-refractivity contribution < 1.29 is 24.2 Å². The van der Waals surface area contributed by atoms with E-state index in [1.165, 1.54) is 23.1 Å². The molecule has 1 atom stereocenters. The van der Waals surface area contributed by atoms with Gasteiger partial charge in [0.25, 0.3) is 0 Å². The van der Waals surface area contributed by atoms with Crippen molar-refractivity contribution in [3.05, 3.63) is 59.7 Å². The van der Waals surface area contributed by atoms with Crippen LogP contribution in [0.2, 0.25) is 0 Å². The van der Waals surface area contributed by atoms with Crippen molar-refractivity contribution in [3.63, 3.8) is 0 Å². The van der Waals surface area contributed by atoms with Crippen LogP contribution in [0.3, 0.4) is 0 Å². The van der Waals surface area contributed by atoms with E-state index in [9.17, 15) is 14.4 Å². The Hall–Kier alpha value is -3.35. The number of carbonyl (C=O) groups is 3. The van der Waals surface area contributed by atoms with E-state index in [2.05, 4.69) is 29.6 Å². The first-order valence-corrected chi connectivity index (χ1v) is 10.4. The van der Waals surface area contributed by atoms with Gasteiger partial charge in [0.15, 0.2) is 0 Å². The first kappa shape index (κ1) is 22.3. The number of carboxylic acids is 1. The normalized spacial score (nSPS) is 13.1. The standard InChI is InChI=1S/C24H28N2O5/c1-16(11-12-22(27)26(2)14-23(28)29)13-25-24(30)31-15-21-19-9-5-3-7-17(19)18-8-4-6-10-20(18)21/h3-10,16,21H,11-15H2,1-2H3,(H,25,30)(H,28,29). The van der Waals surface area contributed by atoms with E-state index in [0.29, 0.717) is 13.0 Å². The maximum Gasteiger partial charge on any atom is 0.407 e. The molecule has 2 aromatic carbocycles. The Labute approximate surface area is 182 Å². The van der Waals surface area contributed by atoms with Crippen LogP contribution in [-0.4, -0.2) is 54.7 Å². The fourth-order valence-electron chi connectivity index (χ4n) is 3.86. The van der Waals surface area contributed by atoms with Crippen LogP contribution < -0.4 is 5.32 Å². The fourth-order valence-corrected chi connectivity index (χ4v) is 3.86. The second kappa shape index (κ2) is 10.1. The lowest BCUT2D eigenvalue weighted by molar-refractivity contribution is -0.143. The molecular weight excluding hydrogens is 396 g/mol. The van der Waals surface area contributed by atoms with E-state index in [0.717, 1.165) is 11.1 Å². The maximum absolute atomic E-state index is 12.2. The fraction of sp³-hybridized carbons (Fsp3) is 0.375. The Kier molecular flexibility index (Phi) is 7.28. The molecule has 2 amide bonds. The van der Waals surface area contributed by atoms with Crippen molar-refractivity contribution in [3.8, 4) is 11.1 Å². The van der Waals surface area contributed by atoms with Crippen LogP contribution in [0.5, 0.6) is 0 Å². The van der Waals surface area contributed by atoms with Gasteiger partial charge in [-0.05, 0) is 34.6 Å². The van der Waals surface area contributed by atoms with Crippen LogP contribution in [0.15, 0.2) is 48.5 Å². The molecule has 0 heterocycles. The van der Waals surface area contributed by atoms with Gasteiger partial charge in [0.2, 0.25) is 5.91 Å². The van der Waals surface area contributed by atoms with Crippen LogP contribution in [0, 0.1) is 5.92 Å². The summed E-state index contributed by atoms with van der Waals surface area (Å²) in [7, 11) is 1.47. The van der Waals surface area contributed by atoms with Crippen LogP contribution in [-0.2, 0) is 14.3 Å². The van der Waals surface area contributed by atoms with Gasteiger partial charge >= 0.3 is 12.1 Å². The molecule has 1 aliphatic rings. The van der Waals surface area contributed by atoms with Crippen molar-refractivity contribution in [2.75, 3.05) is 26.7 Å². The molecule has 1 aliphatic carbocycles. The molecule has 2 aromatic rings. The van der Waals surface area contributed by atoms with Crippen molar-refractivity contribution in [1.29, 1.82) is 0 Å². The van der Waals surface area contributed by atoms with E-state index in [1.54, 1.807) is 0 Å². The molecule has 0 fully saturated rings. The molecule has 0 saturated carbocycles. The van der Waals surface area contributed by atoms with Crippen LogP contribution in [0.25, 0.3) is 11.1 Å². The summed E-state index contributed by atoms with van der Waals surface area (Å²) in [6.45, 7) is 2.25. The number of ether oxygens (including phenoxy) is 1. The van der Waals surface area contributed by atoms with E-state index in [-0.39, 0.29) is 37.3 Å². The Balaban J connectivity index is 1.45. The highest BCUT2D eigenvalue weighted by molar-refractivity contribution is 5.81. The van der Waals surface area contributed by atoms with Crippen molar-refractivity contribution in [2.45, 2.75) is 25.7 Å². The molecule has 3 rings (SSSR count). The molecule has 164 valence electrons. The molecule has 7 nitrogen and oxygen atoms in total. The number of rotatable bonds is 9. The second-order valence-electron chi connectivity index (χ2n) is 7.99. The first-order valence-electron chi connectivity index (χ1n) is 10.4. The van der Waals surface area contributed by atoms with E-state index < -0.39 is 12.1 Å². The van der Waals surface area contributed by atoms with Gasteiger partial charge in [0.1, 0.15) is 13.2 Å². The molecule has 31 heavy (non-hydrogen) atoms. The molecular formula is C24H28N2O5. The lowest BCUT2D eigenvalue weighted by atomic mass is 9.98. The SMILES string of the molecule is CC(CCC(=O)N(C)CC(=O)O)CNC(=O)OCC1c2ccccc2-c2ccccc21. The third-order valence-electron chi connectivity index (χ3n) is 5.59. The Bertz CT molecular complexity index is 913. The lowest BCUT2D eigenvalue weighted by Crippen LogP contribution is -2.33. The predicted molar refractivity (Wildman–Crippen MR) is 117 cm³/mol. The number of alkyl carbamates (subject to hydrolysis) is 1. The topological polar surface area (TPSA) is 95.9 Å². The van der Waals surface area contributed by atoms with Gasteiger partial charge < -0.3 is 20.1 Å². The Morgan fingerprint density at radius 1 is 1.06 bits per heavy atom. The number of hydrogen-bond acceptors (Lipinski definition) is 4. The number of carboxylic acid groups (broad SMARTS) is 1. The summed E-state index contributed by atoms with van der Waals surface area (Å²) < 4.78 is 5.51. The van der Waals surface area contributed by atoms with Gasteiger partial charge in [-0.2, -0.15) is 0 Å². The Morgan fingerprint density at radius 2 is 1.65 bits per heavy atom. The molecule has 0 aromatic heterocycles. The summed E-state index contributed by atoms with van der Waals surface area (Å²) in [5.41, 5.74) is 4.68. The number of benzene rings is 2. The van der Waals surface area contributed by atoms with E-state index in [4.69, 9.17) is 9.84 Å². The van der Waals surface area contributed by atoms with Gasteiger partial charge in [-0.15, -0.1) is 0 Å². The largest absolute Gasteiger partial charge is 0.480 e. The summed E-state index contributed by atoms with van der Waals surface area (Å²) in [6, 6.07) is 16.3. The quantitative estimate of drug-likeness (QED) is 0.642. The second-order valence-corrected chi connectivity index (χ2v) is 7.99. The number of amides is 2. The minimum atomic E-state index is -1.04. The monoisotopic (exact) mass is 424 g/mol. The number of nitrogens with zero attached hydrogens (tertiary/aromatic N) is 1. The molecule has 0 bridgehead atoms. The molecule has 0 saturated heterocycles. The summed E-state index contributed by atoms with van der Waals surface area (Å²) in [5, 5.41) is 11.5. The molecule has 0 radical (unpaired) electrons. The number of nitrogens with one attached hydrogen (secondary N) is 1. The molecule has 7 heteroatoms. The zero-order valence-corrected chi connectivity index (χ0v) is 17.8. The van der Waals surface area contributed by atoms with E-state index >= 15 is 0 Å². The van der Waals surface area contributed by atoms with Crippen LogP contribution >= 0.6 is 0 Å². The predicted octanol–water partition coefficient (Wildman–Crippen LogP) is 3.48. The third-order valence-corrected chi connectivity index (χ3v) is 5.59. The maximum atomic E-state index is 12.2. The van der Waals surface area contributed by atoms with Gasteiger partial charge in [-0.25, -0.2) is 4.79 Å². The number of carbonyl (C=O) groups excluding carboxylic acids is 2. The van der Waals surface area contributed by atoms with E-state index in [1.807, 2.05) is 31.2 Å². The van der Waals surface area contributed by atoms with Gasteiger partial charge in [-0.3, -0.25) is 9.59 Å². The minimum Gasteiger partial charge on any atom is -0.480 e. The zero-order chi connectivity index (χ0) is 22.4. The number of aliphatic carboxylic acids is 1. The van der Waals surface area contributed by atoms with Gasteiger partial charge in [0.05, 0.1) is 0 Å². The van der Waals surface area contributed by atoms with Gasteiger partial charge in [0, 0.05) is 25.9 Å². The Morgan fingerprint density at radius 3 is 2.23 bits per heavy atom. The first-order chi connectivity index (χ1) is 14.9. The number of likely N-dealkylation sites (N-methyl/N-ethyl adjacent to an activating group) is 1. The van der Waals surface area contributed by atoms with Crippen molar-refractivity contribution in [2.24, 2.45) is 5.92 Å². The summed E-state index contributed by atoms with van der Waals surface area (Å²) >= 11 is 0. The minimum absolute atomic E-state index is 0.0120. The average Bonchev–Trinajstić information content (AvgIpc) is 3.08. The van der Waals surface area contributed by atoms with Gasteiger partial charge in [-0.1, -0.05) is 55.5 Å². The molecule has 1 unspecified atom stereocenters. The smallest absolute Gasteiger partial charge is 0.407 e. The highest BCUT2D eigenvalue weighted by Gasteiger charge is 2.29. The lowest BCUT2D eigenvalue weighted by Gasteiger charge is -2.17. The highest BCUT2D eigenvalue weighted by atomic mass is 16.5. The molecule has 0 spiro atoms. The van der Waals surface area contributed by atoms with Crippen molar-refractivity contribution in [1.82, 2.24) is 10.2 Å². The molecule has 0 aliphatic heterocycles. The van der Waals surface area contributed by atoms with Crippen molar-refractivity contribution >= 4 is 18.0 Å². The number of fused-ring (bicyclic) bond motifs is 3. The van der Waals surface area contributed by atoms with Crippen LogP contribution in [0.1, 0.15) is 36.8 Å². The number of hydrogen-bond donors (Lipinski definition) is 2. The molecule has 2 N–H and O–H groups in total.